The van der Waals surface area contributed by atoms with E-state index in [0.717, 1.165) is 0 Å². The third kappa shape index (κ3) is 1.48. The van der Waals surface area contributed by atoms with Crippen molar-refractivity contribution in [3.63, 3.8) is 0 Å². The van der Waals surface area contributed by atoms with Crippen LogP contribution in [0.1, 0.15) is 28.4 Å². The molecular weight excluding hydrogens is 172 g/mol. The molecule has 1 fully saturated rings. The van der Waals surface area contributed by atoms with Crippen LogP contribution in [0.15, 0.2) is 24.8 Å². The maximum Gasteiger partial charge on any atom is 0.114 e. The molecule has 14 heavy (non-hydrogen) atoms. The first-order valence-electron chi connectivity index (χ1n) is 4.99. The quantitative estimate of drug-likeness (QED) is 0.512. The van der Waals surface area contributed by atoms with Crippen LogP contribution in [-0.2, 0) is 4.74 Å². The molecule has 0 radical (unpaired) electrons. The van der Waals surface area contributed by atoms with Crippen LogP contribution in [0.4, 0.5) is 0 Å². The van der Waals surface area contributed by atoms with Crippen LogP contribution in [0.25, 0.3) is 0 Å². The van der Waals surface area contributed by atoms with Crippen LogP contribution >= 0.6 is 0 Å². The van der Waals surface area contributed by atoms with E-state index in [9.17, 15) is 0 Å². The molecule has 1 heterocycles. The lowest BCUT2D eigenvalue weighted by atomic mass is 9.96. The van der Waals surface area contributed by atoms with Crippen molar-refractivity contribution in [1.29, 1.82) is 0 Å². The van der Waals surface area contributed by atoms with Crippen molar-refractivity contribution in [1.82, 2.24) is 0 Å². The average molecular weight is 188 g/mol. The van der Waals surface area contributed by atoms with Crippen molar-refractivity contribution in [2.45, 2.75) is 33.0 Å². The minimum atomic E-state index is 0.232. The van der Waals surface area contributed by atoms with Crippen LogP contribution in [0.2, 0.25) is 0 Å². The summed E-state index contributed by atoms with van der Waals surface area (Å²) in [5.74, 6) is 0. The van der Waals surface area contributed by atoms with E-state index < -0.39 is 0 Å². The fourth-order valence-electron chi connectivity index (χ4n) is 2.18. The van der Waals surface area contributed by atoms with E-state index in [4.69, 9.17) is 4.74 Å². The Morgan fingerprint density at radius 1 is 1.21 bits per heavy atom. The van der Waals surface area contributed by atoms with Crippen molar-refractivity contribution >= 4 is 0 Å². The number of benzene rings is 1. The predicted octanol–water partition coefficient (Wildman–Crippen LogP) is 3.24. The molecule has 0 amide bonds. The summed E-state index contributed by atoms with van der Waals surface area (Å²) in [6.45, 7) is 10.2. The van der Waals surface area contributed by atoms with E-state index in [-0.39, 0.29) is 12.2 Å². The highest BCUT2D eigenvalue weighted by molar-refractivity contribution is 5.41. The molecule has 0 bridgehead atoms. The van der Waals surface area contributed by atoms with Gasteiger partial charge in [-0.1, -0.05) is 23.8 Å². The molecule has 1 aliphatic heterocycles. The zero-order valence-corrected chi connectivity index (χ0v) is 9.00. The van der Waals surface area contributed by atoms with Crippen LogP contribution in [0, 0.1) is 20.8 Å². The van der Waals surface area contributed by atoms with E-state index in [0.29, 0.717) is 0 Å². The molecule has 0 aromatic heterocycles. The highest BCUT2D eigenvalue weighted by Crippen LogP contribution is 2.42. The van der Waals surface area contributed by atoms with Gasteiger partial charge in [0.2, 0.25) is 0 Å². The summed E-state index contributed by atoms with van der Waals surface area (Å²) in [4.78, 5) is 0. The summed E-state index contributed by atoms with van der Waals surface area (Å²) in [6.07, 6.45) is 2.37. The smallest absolute Gasteiger partial charge is 0.114 e. The van der Waals surface area contributed by atoms with Gasteiger partial charge in [0.15, 0.2) is 0 Å². The second-order valence-electron chi connectivity index (χ2n) is 4.07. The Kier molecular flexibility index (Phi) is 2.20. The Hall–Kier alpha value is -1.08. The molecule has 0 aliphatic carbocycles. The van der Waals surface area contributed by atoms with Crippen LogP contribution < -0.4 is 0 Å². The van der Waals surface area contributed by atoms with Gasteiger partial charge in [-0.3, -0.25) is 0 Å². The Labute approximate surface area is 85.4 Å². The first-order valence-corrected chi connectivity index (χ1v) is 4.99. The van der Waals surface area contributed by atoms with E-state index in [1.54, 1.807) is 0 Å². The molecule has 1 nitrogen and oxygen atoms in total. The minimum Gasteiger partial charge on any atom is -0.360 e. The third-order valence-corrected chi connectivity index (χ3v) is 2.78. The SMILES string of the molecule is C=C[C@@H]1O[C@@H]1c1c(C)cc(C)cc1C. The normalized spacial score (nSPS) is 24.8. The molecule has 2 rings (SSSR count). The second kappa shape index (κ2) is 3.25. The van der Waals surface area contributed by atoms with Gasteiger partial charge >= 0.3 is 0 Å². The summed E-state index contributed by atoms with van der Waals surface area (Å²) in [7, 11) is 0. The standard InChI is InChI=1S/C13H16O/c1-5-11-13(14-11)12-9(3)6-8(2)7-10(12)4/h5-7,11,13H,1H2,2-4H3/t11-,13-/m0/s1. The average Bonchev–Trinajstić information content (AvgIpc) is 2.81. The number of rotatable bonds is 2. The van der Waals surface area contributed by atoms with E-state index in [1.165, 1.54) is 22.3 Å². The van der Waals surface area contributed by atoms with Crippen LogP contribution in [0.3, 0.4) is 0 Å². The van der Waals surface area contributed by atoms with Gasteiger partial charge in [0.1, 0.15) is 12.2 Å². The molecule has 2 atom stereocenters. The maximum atomic E-state index is 5.54. The number of epoxide rings is 1. The van der Waals surface area contributed by atoms with E-state index >= 15 is 0 Å². The molecule has 0 saturated carbocycles. The molecule has 1 heteroatoms. The maximum absolute atomic E-state index is 5.54. The molecule has 1 aliphatic rings. The van der Waals surface area contributed by atoms with Crippen LogP contribution in [0.5, 0.6) is 0 Å². The fraction of sp³-hybridized carbons (Fsp3) is 0.385. The van der Waals surface area contributed by atoms with Gasteiger partial charge in [0.05, 0.1) is 0 Å². The van der Waals surface area contributed by atoms with E-state index in [2.05, 4.69) is 39.5 Å². The predicted molar refractivity (Wildman–Crippen MR) is 58.5 cm³/mol. The molecule has 0 unspecified atom stereocenters. The molecule has 1 aromatic rings. The lowest BCUT2D eigenvalue weighted by Crippen LogP contribution is -1.94. The van der Waals surface area contributed by atoms with Gasteiger partial charge in [0.25, 0.3) is 0 Å². The van der Waals surface area contributed by atoms with Crippen LogP contribution in [-0.4, -0.2) is 6.10 Å². The van der Waals surface area contributed by atoms with Gasteiger partial charge in [-0.15, -0.1) is 6.58 Å². The molecule has 1 aromatic carbocycles. The van der Waals surface area contributed by atoms with Gasteiger partial charge < -0.3 is 4.74 Å². The monoisotopic (exact) mass is 188 g/mol. The van der Waals surface area contributed by atoms with Gasteiger partial charge in [-0.05, 0) is 37.5 Å². The van der Waals surface area contributed by atoms with Crippen molar-refractivity contribution in [2.75, 3.05) is 0 Å². The zero-order chi connectivity index (χ0) is 10.3. The first kappa shape index (κ1) is 9.47. The first-order chi connectivity index (χ1) is 6.63. The van der Waals surface area contributed by atoms with Crippen molar-refractivity contribution in [3.05, 3.63) is 47.0 Å². The number of hydrogen-bond acceptors (Lipinski definition) is 1. The Bertz CT molecular complexity index is 356. The summed E-state index contributed by atoms with van der Waals surface area (Å²) in [6, 6.07) is 4.42. The van der Waals surface area contributed by atoms with E-state index in [1.807, 2.05) is 6.08 Å². The highest BCUT2D eigenvalue weighted by atomic mass is 16.6. The summed E-state index contributed by atoms with van der Waals surface area (Å²) < 4.78 is 5.54. The molecule has 0 spiro atoms. The van der Waals surface area contributed by atoms with Crippen molar-refractivity contribution < 1.29 is 4.74 Å². The Morgan fingerprint density at radius 2 is 1.79 bits per heavy atom. The lowest BCUT2D eigenvalue weighted by molar-refractivity contribution is 0.393. The summed E-state index contributed by atoms with van der Waals surface area (Å²) in [5.41, 5.74) is 5.33. The molecule has 74 valence electrons. The third-order valence-electron chi connectivity index (χ3n) is 2.78. The van der Waals surface area contributed by atoms with Gasteiger partial charge in [-0.25, -0.2) is 0 Å². The van der Waals surface area contributed by atoms with Gasteiger partial charge in [0, 0.05) is 0 Å². The topological polar surface area (TPSA) is 12.5 Å². The molecular formula is C13H16O. The minimum absolute atomic E-state index is 0.232. The Morgan fingerprint density at radius 3 is 2.21 bits per heavy atom. The van der Waals surface area contributed by atoms with Crippen molar-refractivity contribution in [3.8, 4) is 0 Å². The summed E-state index contributed by atoms with van der Waals surface area (Å²) in [5, 5.41) is 0. The fourth-order valence-corrected chi connectivity index (χ4v) is 2.18. The molecule has 1 saturated heterocycles. The Balaban J connectivity index is 2.39. The molecule has 0 N–H and O–H groups in total. The second-order valence-corrected chi connectivity index (χ2v) is 4.07. The van der Waals surface area contributed by atoms with Gasteiger partial charge in [-0.2, -0.15) is 0 Å². The highest BCUT2D eigenvalue weighted by Gasteiger charge is 2.39. The van der Waals surface area contributed by atoms with Crippen molar-refractivity contribution in [2.24, 2.45) is 0 Å². The number of hydrogen-bond donors (Lipinski definition) is 0. The zero-order valence-electron chi connectivity index (χ0n) is 9.00. The largest absolute Gasteiger partial charge is 0.360 e. The number of ether oxygens (including phenoxy) is 1. The lowest BCUT2D eigenvalue weighted by Gasteiger charge is -2.08. The number of aryl methyl sites for hydroxylation is 3. The summed E-state index contributed by atoms with van der Waals surface area (Å²) >= 11 is 0.